The molecule has 0 aromatic heterocycles. The van der Waals surface area contributed by atoms with Crippen molar-refractivity contribution in [3.05, 3.63) is 29.3 Å². The maximum Gasteiger partial charge on any atom is 0.312 e. The monoisotopic (exact) mass is 177 g/mol. The first kappa shape index (κ1) is 8.10. The van der Waals surface area contributed by atoms with Crippen LogP contribution >= 0.6 is 0 Å². The molecule has 1 aliphatic heterocycles. The van der Waals surface area contributed by atoms with E-state index in [1.807, 2.05) is 25.1 Å². The summed E-state index contributed by atoms with van der Waals surface area (Å²) in [6, 6.07) is 5.82. The molecule has 0 saturated carbocycles. The Bertz CT molecular complexity index is 360. The smallest absolute Gasteiger partial charge is 0.312 e. The fraction of sp³-hybridized carbons (Fsp3) is 0.300. The number of carbonyl (C=O) groups is 1. The minimum atomic E-state index is -0.755. The molecule has 1 heterocycles. The van der Waals surface area contributed by atoms with Gasteiger partial charge in [-0.3, -0.25) is 4.79 Å². The highest BCUT2D eigenvalue weighted by atomic mass is 16.4. The van der Waals surface area contributed by atoms with Gasteiger partial charge in [-0.1, -0.05) is 12.1 Å². The van der Waals surface area contributed by atoms with Crippen LogP contribution in [0, 0.1) is 6.92 Å². The second kappa shape index (κ2) is 2.76. The molecule has 0 aliphatic carbocycles. The van der Waals surface area contributed by atoms with Crippen LogP contribution in [0.15, 0.2) is 18.2 Å². The normalized spacial score (nSPS) is 19.3. The molecule has 3 heteroatoms. The number of benzene rings is 1. The molecule has 1 aromatic rings. The van der Waals surface area contributed by atoms with Gasteiger partial charge in [0.25, 0.3) is 0 Å². The molecule has 13 heavy (non-hydrogen) atoms. The molecule has 0 bridgehead atoms. The van der Waals surface area contributed by atoms with Crippen LogP contribution in [0.5, 0.6) is 0 Å². The SMILES string of the molecule is Cc1ccc2c(c1)NCC2C(=O)O. The van der Waals surface area contributed by atoms with Gasteiger partial charge in [0, 0.05) is 12.2 Å². The van der Waals surface area contributed by atoms with E-state index < -0.39 is 5.97 Å². The van der Waals surface area contributed by atoms with E-state index in [0.29, 0.717) is 6.54 Å². The van der Waals surface area contributed by atoms with E-state index in [4.69, 9.17) is 5.11 Å². The van der Waals surface area contributed by atoms with E-state index in [1.54, 1.807) is 0 Å². The molecule has 0 amide bonds. The largest absolute Gasteiger partial charge is 0.481 e. The van der Waals surface area contributed by atoms with Gasteiger partial charge in [0.15, 0.2) is 0 Å². The van der Waals surface area contributed by atoms with E-state index >= 15 is 0 Å². The molecule has 1 aromatic carbocycles. The molecule has 3 nitrogen and oxygen atoms in total. The summed E-state index contributed by atoms with van der Waals surface area (Å²) in [4.78, 5) is 10.8. The Morgan fingerprint density at radius 2 is 2.38 bits per heavy atom. The second-order valence-corrected chi connectivity index (χ2v) is 3.36. The maximum absolute atomic E-state index is 10.8. The predicted octanol–water partition coefficient (Wildman–Crippen LogP) is 1.59. The lowest BCUT2D eigenvalue weighted by Crippen LogP contribution is -2.12. The summed E-state index contributed by atoms with van der Waals surface area (Å²) in [5.41, 5.74) is 3.02. The van der Waals surface area contributed by atoms with Crippen molar-refractivity contribution in [1.29, 1.82) is 0 Å². The van der Waals surface area contributed by atoms with Gasteiger partial charge in [-0.15, -0.1) is 0 Å². The number of hydrogen-bond donors (Lipinski definition) is 2. The zero-order chi connectivity index (χ0) is 9.42. The Morgan fingerprint density at radius 1 is 1.62 bits per heavy atom. The van der Waals surface area contributed by atoms with Crippen molar-refractivity contribution in [1.82, 2.24) is 0 Å². The Morgan fingerprint density at radius 3 is 3.08 bits per heavy atom. The third-order valence-electron chi connectivity index (χ3n) is 2.38. The zero-order valence-corrected chi connectivity index (χ0v) is 7.37. The first-order chi connectivity index (χ1) is 6.18. The third-order valence-corrected chi connectivity index (χ3v) is 2.38. The number of carboxylic acid groups (broad SMARTS) is 1. The molecule has 0 spiro atoms. The molecule has 1 aliphatic rings. The topological polar surface area (TPSA) is 49.3 Å². The van der Waals surface area contributed by atoms with E-state index in [-0.39, 0.29) is 5.92 Å². The zero-order valence-electron chi connectivity index (χ0n) is 7.37. The first-order valence-corrected chi connectivity index (χ1v) is 4.25. The number of aliphatic carboxylic acids is 1. The molecule has 68 valence electrons. The summed E-state index contributed by atoms with van der Waals surface area (Å²) >= 11 is 0. The van der Waals surface area contributed by atoms with E-state index in [9.17, 15) is 4.79 Å². The van der Waals surface area contributed by atoms with Crippen LogP contribution in [0.1, 0.15) is 17.0 Å². The van der Waals surface area contributed by atoms with Crippen LogP contribution in [0.25, 0.3) is 0 Å². The highest BCUT2D eigenvalue weighted by molar-refractivity contribution is 5.82. The fourth-order valence-corrected chi connectivity index (χ4v) is 1.67. The van der Waals surface area contributed by atoms with Crippen molar-refractivity contribution in [3.8, 4) is 0 Å². The molecular formula is C10H11NO2. The molecule has 1 atom stereocenters. The average molecular weight is 177 g/mol. The minimum absolute atomic E-state index is 0.379. The van der Waals surface area contributed by atoms with E-state index in [2.05, 4.69) is 5.32 Å². The highest BCUT2D eigenvalue weighted by Gasteiger charge is 2.27. The van der Waals surface area contributed by atoms with Crippen LogP contribution < -0.4 is 5.32 Å². The van der Waals surface area contributed by atoms with Gasteiger partial charge in [-0.25, -0.2) is 0 Å². The number of hydrogen-bond acceptors (Lipinski definition) is 2. The Labute approximate surface area is 76.4 Å². The maximum atomic E-state index is 10.8. The van der Waals surface area contributed by atoms with Crippen LogP contribution in [-0.4, -0.2) is 17.6 Å². The summed E-state index contributed by atoms with van der Waals surface area (Å²) in [5, 5.41) is 12.0. The number of nitrogens with one attached hydrogen (secondary N) is 1. The Hall–Kier alpha value is -1.51. The summed E-state index contributed by atoms with van der Waals surface area (Å²) in [5.74, 6) is -1.13. The van der Waals surface area contributed by atoms with Gasteiger partial charge >= 0.3 is 5.97 Å². The van der Waals surface area contributed by atoms with Gasteiger partial charge in [0.05, 0.1) is 0 Å². The number of aryl methyl sites for hydroxylation is 1. The summed E-state index contributed by atoms with van der Waals surface area (Å²) < 4.78 is 0. The van der Waals surface area contributed by atoms with Crippen LogP contribution in [0.2, 0.25) is 0 Å². The number of rotatable bonds is 1. The summed E-state index contributed by atoms with van der Waals surface area (Å²) in [6.45, 7) is 2.50. The summed E-state index contributed by atoms with van der Waals surface area (Å²) in [6.07, 6.45) is 0. The van der Waals surface area contributed by atoms with E-state index in [1.165, 1.54) is 0 Å². The van der Waals surface area contributed by atoms with Crippen molar-refractivity contribution in [2.75, 3.05) is 11.9 Å². The Kier molecular flexibility index (Phi) is 1.72. The van der Waals surface area contributed by atoms with E-state index in [0.717, 1.165) is 16.8 Å². The van der Waals surface area contributed by atoms with Crippen molar-refractivity contribution in [2.24, 2.45) is 0 Å². The molecule has 0 fully saturated rings. The molecule has 1 unspecified atom stereocenters. The van der Waals surface area contributed by atoms with Gasteiger partial charge in [-0.2, -0.15) is 0 Å². The minimum Gasteiger partial charge on any atom is -0.481 e. The van der Waals surface area contributed by atoms with Gasteiger partial charge in [0.1, 0.15) is 5.92 Å². The number of anilines is 1. The van der Waals surface area contributed by atoms with Crippen molar-refractivity contribution in [3.63, 3.8) is 0 Å². The molecule has 0 radical (unpaired) electrons. The van der Waals surface area contributed by atoms with Crippen LogP contribution in [0.3, 0.4) is 0 Å². The first-order valence-electron chi connectivity index (χ1n) is 4.25. The van der Waals surface area contributed by atoms with Crippen molar-refractivity contribution < 1.29 is 9.90 Å². The lowest BCUT2D eigenvalue weighted by Gasteiger charge is -2.03. The summed E-state index contributed by atoms with van der Waals surface area (Å²) in [7, 11) is 0. The molecule has 0 saturated heterocycles. The second-order valence-electron chi connectivity index (χ2n) is 3.36. The lowest BCUT2D eigenvalue weighted by molar-refractivity contribution is -0.138. The predicted molar refractivity (Wildman–Crippen MR) is 50.0 cm³/mol. The quantitative estimate of drug-likeness (QED) is 0.684. The highest BCUT2D eigenvalue weighted by Crippen LogP contribution is 2.31. The third kappa shape index (κ3) is 1.26. The van der Waals surface area contributed by atoms with Gasteiger partial charge < -0.3 is 10.4 Å². The number of fused-ring (bicyclic) bond motifs is 1. The van der Waals surface area contributed by atoms with Crippen molar-refractivity contribution >= 4 is 11.7 Å². The Balaban J connectivity index is 2.44. The standard InChI is InChI=1S/C10H11NO2/c1-6-2-3-7-8(10(12)13)5-11-9(7)4-6/h2-4,8,11H,5H2,1H3,(H,12,13). The molecular weight excluding hydrogens is 166 g/mol. The lowest BCUT2D eigenvalue weighted by atomic mass is 10.0. The molecule has 2 rings (SSSR count). The number of carboxylic acids is 1. The average Bonchev–Trinajstić information content (AvgIpc) is 2.46. The van der Waals surface area contributed by atoms with Crippen molar-refractivity contribution in [2.45, 2.75) is 12.8 Å². The van der Waals surface area contributed by atoms with Crippen LogP contribution in [0.4, 0.5) is 5.69 Å². The van der Waals surface area contributed by atoms with Crippen LogP contribution in [-0.2, 0) is 4.79 Å². The molecule has 2 N–H and O–H groups in total. The van der Waals surface area contributed by atoms with Gasteiger partial charge in [-0.05, 0) is 24.1 Å². The fourth-order valence-electron chi connectivity index (χ4n) is 1.67. The van der Waals surface area contributed by atoms with Gasteiger partial charge in [0.2, 0.25) is 0 Å².